The van der Waals surface area contributed by atoms with Crippen LogP contribution in [0.15, 0.2) is 24.3 Å². The van der Waals surface area contributed by atoms with Crippen molar-refractivity contribution in [3.8, 4) is 0 Å². The molecule has 0 saturated carbocycles. The number of quaternary nitrogens is 1. The third-order valence-electron chi connectivity index (χ3n) is 15.2. The van der Waals surface area contributed by atoms with Gasteiger partial charge >= 0.3 is 11.9 Å². The molecule has 10 heteroatoms. The van der Waals surface area contributed by atoms with Crippen molar-refractivity contribution in [3.05, 3.63) is 24.3 Å². The van der Waals surface area contributed by atoms with E-state index < -0.39 is 26.5 Å². The summed E-state index contributed by atoms with van der Waals surface area (Å²) in [6.07, 6.45) is 72.6. The van der Waals surface area contributed by atoms with Gasteiger partial charge in [-0.1, -0.05) is 289 Å². The van der Waals surface area contributed by atoms with Crippen molar-refractivity contribution in [2.24, 2.45) is 0 Å². The Labute approximate surface area is 479 Å². The van der Waals surface area contributed by atoms with Crippen molar-refractivity contribution < 1.29 is 42.1 Å². The molecule has 0 N–H and O–H groups in total. The van der Waals surface area contributed by atoms with Gasteiger partial charge in [0, 0.05) is 12.8 Å². The number of phosphoric ester groups is 1. The van der Waals surface area contributed by atoms with Crippen molar-refractivity contribution in [1.82, 2.24) is 0 Å². The summed E-state index contributed by atoms with van der Waals surface area (Å²) in [7, 11) is 1.18. The minimum atomic E-state index is -4.64. The summed E-state index contributed by atoms with van der Waals surface area (Å²) >= 11 is 0. The minimum Gasteiger partial charge on any atom is -0.756 e. The highest BCUT2D eigenvalue weighted by Gasteiger charge is 2.22. The lowest BCUT2D eigenvalue weighted by Gasteiger charge is -2.28. The Balaban J connectivity index is 3.95. The number of carbonyl (C=O) groups is 2. The number of allylic oxidation sites excluding steroid dienone is 4. The number of rotatable bonds is 63. The van der Waals surface area contributed by atoms with Crippen LogP contribution in [-0.2, 0) is 32.7 Å². The number of unbranched alkanes of at least 4 members (excludes halogenated alkanes) is 45. The molecule has 0 spiro atoms. The molecule has 0 amide bonds. The van der Waals surface area contributed by atoms with Crippen LogP contribution in [0.5, 0.6) is 0 Å². The maximum absolute atomic E-state index is 12.8. The molecule has 0 aromatic rings. The van der Waals surface area contributed by atoms with E-state index in [1.54, 1.807) is 0 Å². The molecule has 0 bridgehead atoms. The molecule has 0 aliphatic rings. The van der Waals surface area contributed by atoms with Crippen LogP contribution in [0.3, 0.4) is 0 Å². The third kappa shape index (κ3) is 63.5. The first-order valence-corrected chi connectivity index (χ1v) is 35.0. The third-order valence-corrected chi connectivity index (χ3v) is 16.2. The van der Waals surface area contributed by atoms with Gasteiger partial charge in [-0.25, -0.2) is 0 Å². The second-order valence-corrected chi connectivity index (χ2v) is 25.6. The summed E-state index contributed by atoms with van der Waals surface area (Å²) in [5.74, 6) is -0.820. The number of esters is 2. The Morgan fingerprint density at radius 2 is 0.662 bits per heavy atom. The maximum atomic E-state index is 12.8. The quantitative estimate of drug-likeness (QED) is 0.0195. The summed E-state index contributed by atoms with van der Waals surface area (Å²) < 4.78 is 34.2. The summed E-state index contributed by atoms with van der Waals surface area (Å²) in [4.78, 5) is 37.9. The molecule has 0 aliphatic carbocycles. The normalized spacial score (nSPS) is 13.3. The van der Waals surface area contributed by atoms with E-state index in [4.69, 9.17) is 18.5 Å². The molecule has 0 fully saturated rings. The molecule has 0 aliphatic heterocycles. The molecule has 0 aromatic heterocycles. The SMILES string of the molecule is CCCCCCCCC/C=C\CCCCCCCCCC(=O)OCC(COP(=O)([O-])OCC[N+](C)(C)C)OC(=O)CCCCCCCCCCCCCCCCCCCCCCCCC/C=C\CCCCCCCCCC. The van der Waals surface area contributed by atoms with E-state index in [0.29, 0.717) is 17.4 Å². The van der Waals surface area contributed by atoms with E-state index >= 15 is 0 Å². The van der Waals surface area contributed by atoms with Gasteiger partial charge in [-0.3, -0.25) is 14.2 Å². The Kier molecular flexibility index (Phi) is 58.0. The van der Waals surface area contributed by atoms with E-state index in [0.717, 1.165) is 38.5 Å². The molecule has 0 aromatic carbocycles. The number of hydrogen-bond donors (Lipinski definition) is 0. The van der Waals surface area contributed by atoms with Crippen LogP contribution in [0.25, 0.3) is 0 Å². The van der Waals surface area contributed by atoms with E-state index in [1.807, 2.05) is 21.1 Å². The Hall–Kier alpha value is -1.51. The standard InChI is InChI=1S/C67H130NO8P/c1-6-8-10-12-14-16-18-20-22-24-26-27-28-29-30-31-32-33-34-35-36-37-38-39-40-41-42-44-46-48-50-52-54-56-58-60-67(70)76-65(64-75-77(71,72)74-62-61-68(3,4)5)63-73-66(69)59-57-55-53-51-49-47-45-43-25-23-21-19-17-15-13-11-9-7-2/h23-26,65H,6-22,27-64H2,1-5H3/b25-23-,26-24-. The molecule has 9 nitrogen and oxygen atoms in total. The monoisotopic (exact) mass is 1110 g/mol. The number of phosphoric acid groups is 1. The largest absolute Gasteiger partial charge is 0.756 e. The molecule has 0 radical (unpaired) electrons. The molecule has 2 unspecified atom stereocenters. The summed E-state index contributed by atoms with van der Waals surface area (Å²) in [6, 6.07) is 0. The fourth-order valence-electron chi connectivity index (χ4n) is 10.0. The van der Waals surface area contributed by atoms with Crippen LogP contribution >= 0.6 is 7.82 Å². The number of carbonyl (C=O) groups excluding carboxylic acids is 2. The molecule has 0 rings (SSSR count). The zero-order valence-corrected chi connectivity index (χ0v) is 52.8. The van der Waals surface area contributed by atoms with Gasteiger partial charge in [-0.05, 0) is 64.2 Å². The molecule has 0 heterocycles. The number of likely N-dealkylation sites (N-methyl/N-ethyl adjacent to an activating group) is 1. The van der Waals surface area contributed by atoms with Gasteiger partial charge in [0.1, 0.15) is 19.8 Å². The topological polar surface area (TPSA) is 111 Å². The van der Waals surface area contributed by atoms with E-state index in [1.165, 1.54) is 270 Å². The number of nitrogens with zero attached hydrogens (tertiary/aromatic N) is 1. The lowest BCUT2D eigenvalue weighted by Crippen LogP contribution is -2.37. The van der Waals surface area contributed by atoms with Crippen molar-refractivity contribution in [1.29, 1.82) is 0 Å². The molecule has 456 valence electrons. The zero-order chi connectivity index (χ0) is 56.3. The Bertz CT molecular complexity index is 1350. The predicted octanol–water partition coefficient (Wildman–Crippen LogP) is 20.7. The fourth-order valence-corrected chi connectivity index (χ4v) is 10.7. The highest BCUT2D eigenvalue weighted by molar-refractivity contribution is 7.45. The van der Waals surface area contributed by atoms with Gasteiger partial charge in [0.2, 0.25) is 0 Å². The van der Waals surface area contributed by atoms with Gasteiger partial charge in [0.25, 0.3) is 7.82 Å². The number of ether oxygens (including phenoxy) is 2. The fraction of sp³-hybridized carbons (Fsp3) is 0.910. The van der Waals surface area contributed by atoms with E-state index in [9.17, 15) is 19.0 Å². The summed E-state index contributed by atoms with van der Waals surface area (Å²) in [6.45, 7) is 4.29. The van der Waals surface area contributed by atoms with Gasteiger partial charge in [0.15, 0.2) is 6.10 Å². The molecular weight excluding hydrogens is 978 g/mol. The lowest BCUT2D eigenvalue weighted by molar-refractivity contribution is -0.870. The Morgan fingerprint density at radius 3 is 0.961 bits per heavy atom. The lowest BCUT2D eigenvalue weighted by atomic mass is 10.0. The molecule has 2 atom stereocenters. The van der Waals surface area contributed by atoms with Crippen LogP contribution in [0.1, 0.15) is 341 Å². The first kappa shape index (κ1) is 75.5. The zero-order valence-electron chi connectivity index (χ0n) is 51.9. The van der Waals surface area contributed by atoms with Crippen LogP contribution < -0.4 is 4.89 Å². The van der Waals surface area contributed by atoms with Gasteiger partial charge in [-0.2, -0.15) is 0 Å². The number of hydrogen-bond acceptors (Lipinski definition) is 8. The van der Waals surface area contributed by atoms with Crippen LogP contribution in [0, 0.1) is 0 Å². The second kappa shape index (κ2) is 59.1. The smallest absolute Gasteiger partial charge is 0.306 e. The first-order chi connectivity index (χ1) is 37.5. The molecular formula is C67H130NO8P. The van der Waals surface area contributed by atoms with Crippen molar-refractivity contribution in [3.63, 3.8) is 0 Å². The van der Waals surface area contributed by atoms with Crippen molar-refractivity contribution in [2.75, 3.05) is 47.5 Å². The minimum absolute atomic E-state index is 0.0284. The van der Waals surface area contributed by atoms with Gasteiger partial charge in [0.05, 0.1) is 27.7 Å². The maximum Gasteiger partial charge on any atom is 0.306 e. The van der Waals surface area contributed by atoms with Gasteiger partial charge < -0.3 is 27.9 Å². The van der Waals surface area contributed by atoms with Crippen LogP contribution in [0.4, 0.5) is 0 Å². The highest BCUT2D eigenvalue weighted by atomic mass is 31.2. The predicted molar refractivity (Wildman–Crippen MR) is 328 cm³/mol. The summed E-state index contributed by atoms with van der Waals surface area (Å²) in [5.41, 5.74) is 0. The molecule has 0 saturated heterocycles. The van der Waals surface area contributed by atoms with Crippen LogP contribution in [0.2, 0.25) is 0 Å². The Morgan fingerprint density at radius 1 is 0.390 bits per heavy atom. The highest BCUT2D eigenvalue weighted by Crippen LogP contribution is 2.38. The second-order valence-electron chi connectivity index (χ2n) is 24.2. The summed E-state index contributed by atoms with van der Waals surface area (Å²) in [5, 5.41) is 0. The average molecular weight is 1110 g/mol. The van der Waals surface area contributed by atoms with Crippen molar-refractivity contribution >= 4 is 19.8 Å². The molecule has 77 heavy (non-hydrogen) atoms. The first-order valence-electron chi connectivity index (χ1n) is 33.5. The van der Waals surface area contributed by atoms with Crippen LogP contribution in [-0.4, -0.2) is 70.0 Å². The van der Waals surface area contributed by atoms with Crippen molar-refractivity contribution in [2.45, 2.75) is 347 Å². The van der Waals surface area contributed by atoms with Gasteiger partial charge in [-0.15, -0.1) is 0 Å². The van der Waals surface area contributed by atoms with E-state index in [-0.39, 0.29) is 32.0 Å². The van der Waals surface area contributed by atoms with E-state index in [2.05, 4.69) is 38.2 Å². The average Bonchev–Trinajstić information content (AvgIpc) is 3.39.